The van der Waals surface area contributed by atoms with Gasteiger partial charge in [0, 0.05) is 11.6 Å². The Bertz CT molecular complexity index is 874. The standard InChI is InChI=1S/C19H17ClF5NO2S/c1-19(2,3)28-12(27)9-26(8-10-4-6-11(20)7-5-10)29-18-16(24)14(22)13(21)15(23)17(18)25/h4-7H,8-9H2,1-3H3. The number of nitrogens with zero attached hydrogens (tertiary/aromatic N) is 1. The van der Waals surface area contributed by atoms with E-state index in [2.05, 4.69) is 0 Å². The lowest BCUT2D eigenvalue weighted by Gasteiger charge is -2.24. The van der Waals surface area contributed by atoms with Crippen molar-refractivity contribution in [3.8, 4) is 0 Å². The van der Waals surface area contributed by atoms with Crippen molar-refractivity contribution in [3.63, 3.8) is 0 Å². The van der Waals surface area contributed by atoms with Crippen LogP contribution in [0.1, 0.15) is 26.3 Å². The molecule has 2 rings (SSSR count). The first-order chi connectivity index (χ1) is 13.4. The van der Waals surface area contributed by atoms with Crippen molar-refractivity contribution in [2.24, 2.45) is 0 Å². The molecule has 29 heavy (non-hydrogen) atoms. The van der Waals surface area contributed by atoms with E-state index < -0.39 is 52.1 Å². The van der Waals surface area contributed by atoms with E-state index >= 15 is 0 Å². The normalized spacial score (nSPS) is 11.8. The molecular weight excluding hydrogens is 437 g/mol. The second-order valence-corrected chi connectivity index (χ2v) is 8.54. The number of hydrogen-bond donors (Lipinski definition) is 0. The quantitative estimate of drug-likeness (QED) is 0.179. The molecule has 2 aromatic rings. The van der Waals surface area contributed by atoms with Crippen LogP contribution in [0.25, 0.3) is 0 Å². The average Bonchev–Trinajstić information content (AvgIpc) is 2.62. The zero-order valence-electron chi connectivity index (χ0n) is 15.7. The van der Waals surface area contributed by atoms with Crippen LogP contribution < -0.4 is 0 Å². The van der Waals surface area contributed by atoms with Crippen molar-refractivity contribution < 1.29 is 31.5 Å². The summed E-state index contributed by atoms with van der Waals surface area (Å²) in [4.78, 5) is 11.1. The molecule has 0 fully saturated rings. The van der Waals surface area contributed by atoms with Gasteiger partial charge in [-0.25, -0.2) is 26.3 Å². The minimum atomic E-state index is -2.25. The van der Waals surface area contributed by atoms with E-state index in [0.717, 1.165) is 4.31 Å². The molecule has 0 unspecified atom stereocenters. The number of carbonyl (C=O) groups is 1. The average molecular weight is 454 g/mol. The van der Waals surface area contributed by atoms with Crippen LogP contribution in [0, 0.1) is 29.1 Å². The molecule has 3 nitrogen and oxygen atoms in total. The fourth-order valence-corrected chi connectivity index (χ4v) is 3.33. The van der Waals surface area contributed by atoms with E-state index in [9.17, 15) is 26.7 Å². The molecule has 0 bridgehead atoms. The van der Waals surface area contributed by atoms with Gasteiger partial charge >= 0.3 is 5.97 Å². The van der Waals surface area contributed by atoms with Gasteiger partial charge < -0.3 is 4.74 Å². The van der Waals surface area contributed by atoms with Crippen LogP contribution in [0.5, 0.6) is 0 Å². The van der Waals surface area contributed by atoms with Gasteiger partial charge in [-0.3, -0.25) is 4.79 Å². The van der Waals surface area contributed by atoms with E-state index in [1.807, 2.05) is 0 Å². The Labute approximate surface area is 173 Å². The molecule has 0 saturated carbocycles. The molecule has 0 N–H and O–H groups in total. The van der Waals surface area contributed by atoms with Gasteiger partial charge in [0.2, 0.25) is 5.82 Å². The van der Waals surface area contributed by atoms with Crippen LogP contribution in [0.3, 0.4) is 0 Å². The molecule has 0 saturated heterocycles. The monoisotopic (exact) mass is 453 g/mol. The third-order valence-corrected chi connectivity index (χ3v) is 4.70. The van der Waals surface area contributed by atoms with Gasteiger partial charge in [0.05, 0.1) is 0 Å². The maximum absolute atomic E-state index is 14.1. The lowest BCUT2D eigenvalue weighted by atomic mass is 10.2. The Morgan fingerprint density at radius 2 is 1.45 bits per heavy atom. The van der Waals surface area contributed by atoms with E-state index in [4.69, 9.17) is 16.3 Å². The third kappa shape index (κ3) is 6.32. The summed E-state index contributed by atoms with van der Waals surface area (Å²) < 4.78 is 74.7. The zero-order chi connectivity index (χ0) is 21.9. The van der Waals surface area contributed by atoms with Crippen LogP contribution in [-0.4, -0.2) is 22.4 Å². The molecule has 0 spiro atoms. The minimum absolute atomic E-state index is 0.0550. The summed E-state index contributed by atoms with van der Waals surface area (Å²) in [6.45, 7) is 4.37. The summed E-state index contributed by atoms with van der Waals surface area (Å²) in [5, 5.41) is 0.444. The van der Waals surface area contributed by atoms with Crippen molar-refractivity contribution in [1.29, 1.82) is 0 Å². The maximum Gasteiger partial charge on any atom is 0.321 e. The fourth-order valence-electron chi connectivity index (χ4n) is 2.23. The Balaban J connectivity index is 2.34. The molecule has 2 aromatic carbocycles. The molecule has 10 heteroatoms. The SMILES string of the molecule is CC(C)(C)OC(=O)CN(Cc1ccc(Cl)cc1)Sc1c(F)c(F)c(F)c(F)c1F. The first-order valence-electron chi connectivity index (χ1n) is 8.29. The van der Waals surface area contributed by atoms with Crippen molar-refractivity contribution in [2.75, 3.05) is 6.54 Å². The number of ether oxygens (including phenoxy) is 1. The highest BCUT2D eigenvalue weighted by Gasteiger charge is 2.29. The first kappa shape index (κ1) is 23.4. The van der Waals surface area contributed by atoms with Crippen molar-refractivity contribution in [2.45, 2.75) is 37.8 Å². The smallest absolute Gasteiger partial charge is 0.321 e. The van der Waals surface area contributed by atoms with Crippen LogP contribution >= 0.6 is 23.5 Å². The van der Waals surface area contributed by atoms with Gasteiger partial charge in [-0.05, 0) is 50.4 Å². The summed E-state index contributed by atoms with van der Waals surface area (Å²) in [6, 6.07) is 6.32. The van der Waals surface area contributed by atoms with Gasteiger partial charge in [-0.15, -0.1) is 0 Å². The highest BCUT2D eigenvalue weighted by Crippen LogP contribution is 2.34. The van der Waals surface area contributed by atoms with E-state index in [1.54, 1.807) is 45.0 Å². The Kier molecular flexibility index (Phi) is 7.53. The Morgan fingerprint density at radius 3 is 1.93 bits per heavy atom. The van der Waals surface area contributed by atoms with Gasteiger partial charge in [-0.1, -0.05) is 23.7 Å². The van der Waals surface area contributed by atoms with Gasteiger partial charge in [0.25, 0.3) is 0 Å². The van der Waals surface area contributed by atoms with E-state index in [0.29, 0.717) is 10.6 Å². The summed E-state index contributed by atoms with van der Waals surface area (Å²) in [5.74, 6) is -11.1. The fraction of sp³-hybridized carbons (Fsp3) is 0.316. The van der Waals surface area contributed by atoms with Crippen LogP contribution in [0.4, 0.5) is 22.0 Å². The predicted molar refractivity (Wildman–Crippen MR) is 99.8 cm³/mol. The second-order valence-electron chi connectivity index (χ2n) is 7.00. The number of rotatable bonds is 6. The Morgan fingerprint density at radius 1 is 0.966 bits per heavy atom. The topological polar surface area (TPSA) is 29.5 Å². The molecule has 0 amide bonds. The zero-order valence-corrected chi connectivity index (χ0v) is 17.2. The summed E-state index contributed by atoms with van der Waals surface area (Å²) in [7, 11) is 0. The highest BCUT2D eigenvalue weighted by molar-refractivity contribution is 7.97. The van der Waals surface area contributed by atoms with Crippen molar-refractivity contribution in [3.05, 3.63) is 63.9 Å². The van der Waals surface area contributed by atoms with Gasteiger partial charge in [0.1, 0.15) is 17.0 Å². The summed E-state index contributed by atoms with van der Waals surface area (Å²) in [5.41, 5.74) is -0.229. The second kappa shape index (κ2) is 9.32. The van der Waals surface area contributed by atoms with Gasteiger partial charge in [0.15, 0.2) is 23.3 Å². The molecule has 0 heterocycles. The molecule has 0 aromatic heterocycles. The molecule has 158 valence electrons. The number of benzene rings is 2. The molecule has 0 aliphatic heterocycles. The minimum Gasteiger partial charge on any atom is -0.459 e. The lowest BCUT2D eigenvalue weighted by molar-refractivity contribution is -0.154. The van der Waals surface area contributed by atoms with E-state index in [1.165, 1.54) is 0 Å². The first-order valence-corrected chi connectivity index (χ1v) is 9.45. The number of esters is 1. The van der Waals surface area contributed by atoms with Crippen LogP contribution in [0.2, 0.25) is 5.02 Å². The largest absolute Gasteiger partial charge is 0.459 e. The maximum atomic E-state index is 14.1. The molecule has 0 radical (unpaired) electrons. The van der Waals surface area contributed by atoms with Crippen LogP contribution in [-0.2, 0) is 16.1 Å². The third-order valence-electron chi connectivity index (χ3n) is 3.39. The van der Waals surface area contributed by atoms with E-state index in [-0.39, 0.29) is 18.5 Å². The van der Waals surface area contributed by atoms with Gasteiger partial charge in [-0.2, -0.15) is 0 Å². The lowest BCUT2D eigenvalue weighted by Crippen LogP contribution is -2.31. The van der Waals surface area contributed by atoms with Crippen molar-refractivity contribution >= 4 is 29.5 Å². The molecule has 0 atom stereocenters. The summed E-state index contributed by atoms with van der Waals surface area (Å²) >= 11 is 6.05. The number of hydrogen-bond acceptors (Lipinski definition) is 4. The summed E-state index contributed by atoms with van der Waals surface area (Å²) in [6.07, 6.45) is 0. The predicted octanol–water partition coefficient (Wildman–Crippen LogP) is 5.89. The van der Waals surface area contributed by atoms with Crippen molar-refractivity contribution in [1.82, 2.24) is 4.31 Å². The molecular formula is C19H17ClF5NO2S. The number of carbonyl (C=O) groups excluding carboxylic acids is 1. The molecule has 0 aliphatic carbocycles. The molecule has 0 aliphatic rings. The highest BCUT2D eigenvalue weighted by atomic mass is 35.5. The van der Waals surface area contributed by atoms with Crippen LogP contribution in [0.15, 0.2) is 29.2 Å². The number of halogens is 6. The Hall–Kier alpha value is -1.84.